The lowest BCUT2D eigenvalue weighted by molar-refractivity contribution is -0.151. The van der Waals surface area contributed by atoms with Gasteiger partial charge in [0.25, 0.3) is 5.91 Å². The topological polar surface area (TPSA) is 55.4 Å². The fourth-order valence-corrected chi connectivity index (χ4v) is 2.81. The van der Waals surface area contributed by atoms with Gasteiger partial charge in [-0.25, -0.2) is 0 Å². The summed E-state index contributed by atoms with van der Waals surface area (Å²) in [7, 11) is 0. The van der Waals surface area contributed by atoms with Crippen molar-refractivity contribution in [1.29, 1.82) is 0 Å². The molecular weight excluding hydrogens is 278 g/mol. The lowest BCUT2D eigenvalue weighted by Crippen LogP contribution is -2.25. The Morgan fingerprint density at radius 2 is 1.86 bits per heavy atom. The average molecular weight is 301 g/mol. The van der Waals surface area contributed by atoms with Gasteiger partial charge in [-0.05, 0) is 51.2 Å². The molecule has 1 N–H and O–H groups in total. The van der Waals surface area contributed by atoms with Crippen LogP contribution in [0, 0.1) is 26.7 Å². The summed E-state index contributed by atoms with van der Waals surface area (Å²) in [6.45, 7) is 5.70. The highest BCUT2D eigenvalue weighted by Gasteiger charge is 2.21. The molecule has 2 rings (SSSR count). The zero-order valence-electron chi connectivity index (χ0n) is 13.4. The number of nitrogens with one attached hydrogen (secondary N) is 1. The summed E-state index contributed by atoms with van der Waals surface area (Å²) < 4.78 is 5.13. The Kier molecular flexibility index (Phi) is 5.36. The Morgan fingerprint density at radius 1 is 1.18 bits per heavy atom. The van der Waals surface area contributed by atoms with Crippen molar-refractivity contribution in [3.8, 4) is 0 Å². The third-order valence-corrected chi connectivity index (χ3v) is 3.89. The van der Waals surface area contributed by atoms with Crippen LogP contribution in [0.1, 0.15) is 36.0 Å². The van der Waals surface area contributed by atoms with Gasteiger partial charge in [-0.3, -0.25) is 9.59 Å². The number of hydrogen-bond acceptors (Lipinski definition) is 3. The molecule has 0 aromatic heterocycles. The first-order valence-corrected chi connectivity index (χ1v) is 7.66. The van der Waals surface area contributed by atoms with Crippen LogP contribution in [0.15, 0.2) is 24.3 Å². The molecule has 0 saturated carbocycles. The molecule has 1 aliphatic rings. The molecule has 1 amide bonds. The first kappa shape index (κ1) is 16.3. The van der Waals surface area contributed by atoms with Crippen LogP contribution in [0.4, 0.5) is 5.69 Å². The number of hydrogen-bond donors (Lipinski definition) is 1. The lowest BCUT2D eigenvalue weighted by atomic mass is 9.95. The maximum absolute atomic E-state index is 12.0. The number of ether oxygens (including phenoxy) is 1. The minimum atomic E-state index is -0.297. The summed E-state index contributed by atoms with van der Waals surface area (Å²) in [6, 6.07) is 4.03. The number of allylic oxidation sites excluding steroid dienone is 2. The number of benzene rings is 1. The highest BCUT2D eigenvalue weighted by molar-refractivity contribution is 5.94. The van der Waals surface area contributed by atoms with Gasteiger partial charge in [-0.1, -0.05) is 29.8 Å². The van der Waals surface area contributed by atoms with Crippen molar-refractivity contribution in [3.05, 3.63) is 41.0 Å². The Bertz CT molecular complexity index is 581. The van der Waals surface area contributed by atoms with Crippen molar-refractivity contribution in [2.45, 2.75) is 40.0 Å². The fraction of sp³-hybridized carbons (Fsp3) is 0.444. The van der Waals surface area contributed by atoms with E-state index < -0.39 is 0 Å². The number of carbonyl (C=O) groups is 2. The van der Waals surface area contributed by atoms with Crippen molar-refractivity contribution >= 4 is 17.6 Å². The summed E-state index contributed by atoms with van der Waals surface area (Å²) in [6.07, 6.45) is 6.46. The van der Waals surface area contributed by atoms with Crippen molar-refractivity contribution in [2.24, 2.45) is 5.92 Å². The van der Waals surface area contributed by atoms with Crippen LogP contribution in [-0.2, 0) is 14.3 Å². The van der Waals surface area contributed by atoms with E-state index >= 15 is 0 Å². The molecule has 0 unspecified atom stereocenters. The first-order chi connectivity index (χ1) is 10.5. The minimum Gasteiger partial charge on any atom is -0.455 e. The van der Waals surface area contributed by atoms with Gasteiger partial charge in [0.05, 0.1) is 5.92 Å². The van der Waals surface area contributed by atoms with E-state index in [-0.39, 0.29) is 24.4 Å². The van der Waals surface area contributed by atoms with Crippen LogP contribution in [0.2, 0.25) is 0 Å². The van der Waals surface area contributed by atoms with Gasteiger partial charge in [0.15, 0.2) is 6.61 Å². The quantitative estimate of drug-likeness (QED) is 0.684. The SMILES string of the molecule is Cc1cc(C)c(NC(=O)COC(=O)[C@H]2CC=CCC2)c(C)c1. The van der Waals surface area contributed by atoms with E-state index in [9.17, 15) is 9.59 Å². The summed E-state index contributed by atoms with van der Waals surface area (Å²) in [5.74, 6) is -0.688. The normalized spacial score (nSPS) is 17.1. The van der Waals surface area contributed by atoms with Crippen molar-refractivity contribution in [1.82, 2.24) is 0 Å². The molecular formula is C18H23NO3. The number of esters is 1. The van der Waals surface area contributed by atoms with Gasteiger partial charge in [-0.2, -0.15) is 0 Å². The van der Waals surface area contributed by atoms with Crippen molar-refractivity contribution in [3.63, 3.8) is 0 Å². The smallest absolute Gasteiger partial charge is 0.309 e. The molecule has 0 bridgehead atoms. The van der Waals surface area contributed by atoms with Crippen LogP contribution in [-0.4, -0.2) is 18.5 Å². The molecule has 0 heterocycles. The van der Waals surface area contributed by atoms with Crippen molar-refractivity contribution in [2.75, 3.05) is 11.9 Å². The average Bonchev–Trinajstić information content (AvgIpc) is 2.49. The van der Waals surface area contributed by atoms with E-state index in [4.69, 9.17) is 4.74 Å². The Hall–Kier alpha value is -2.10. The molecule has 0 aliphatic heterocycles. The minimum absolute atomic E-state index is 0.111. The second-order valence-electron chi connectivity index (χ2n) is 5.91. The van der Waals surface area contributed by atoms with E-state index in [1.807, 2.05) is 39.0 Å². The monoisotopic (exact) mass is 301 g/mol. The van der Waals surface area contributed by atoms with E-state index in [2.05, 4.69) is 11.4 Å². The molecule has 1 aromatic carbocycles. The summed E-state index contributed by atoms with van der Waals surface area (Å²) >= 11 is 0. The molecule has 0 saturated heterocycles. The van der Waals surface area contributed by atoms with Gasteiger partial charge < -0.3 is 10.1 Å². The molecule has 4 heteroatoms. The highest BCUT2D eigenvalue weighted by Crippen LogP contribution is 2.22. The third kappa shape index (κ3) is 4.20. The van der Waals surface area contributed by atoms with E-state index in [1.54, 1.807) is 0 Å². The van der Waals surface area contributed by atoms with Crippen LogP contribution >= 0.6 is 0 Å². The molecule has 0 fully saturated rings. The van der Waals surface area contributed by atoms with E-state index in [0.29, 0.717) is 6.42 Å². The zero-order chi connectivity index (χ0) is 16.1. The van der Waals surface area contributed by atoms with E-state index in [1.165, 1.54) is 0 Å². The molecule has 0 spiro atoms. The second kappa shape index (κ2) is 7.25. The number of carbonyl (C=O) groups excluding carboxylic acids is 2. The second-order valence-corrected chi connectivity index (χ2v) is 5.91. The van der Waals surface area contributed by atoms with Crippen molar-refractivity contribution < 1.29 is 14.3 Å². The number of aryl methyl sites for hydroxylation is 3. The molecule has 1 aliphatic carbocycles. The molecule has 1 aromatic rings. The molecule has 118 valence electrons. The van der Waals surface area contributed by atoms with E-state index in [0.717, 1.165) is 35.2 Å². The molecule has 4 nitrogen and oxygen atoms in total. The van der Waals surface area contributed by atoms with Gasteiger partial charge >= 0.3 is 5.97 Å². The number of amides is 1. The predicted octanol–water partition coefficient (Wildman–Crippen LogP) is 3.45. The predicted molar refractivity (Wildman–Crippen MR) is 86.7 cm³/mol. The maximum Gasteiger partial charge on any atom is 0.309 e. The number of rotatable bonds is 4. The van der Waals surface area contributed by atoms with Gasteiger partial charge in [-0.15, -0.1) is 0 Å². The zero-order valence-corrected chi connectivity index (χ0v) is 13.4. The Balaban J connectivity index is 1.88. The summed E-state index contributed by atoms with van der Waals surface area (Å²) in [5.41, 5.74) is 3.97. The standard InChI is InChI=1S/C18H23NO3/c1-12-9-13(2)17(14(3)10-12)19-16(20)11-22-18(21)15-7-5-4-6-8-15/h4-5,9-10,15H,6-8,11H2,1-3H3,(H,19,20)/t15-/m0/s1. The van der Waals surface area contributed by atoms with Crippen LogP contribution in [0.25, 0.3) is 0 Å². The molecule has 22 heavy (non-hydrogen) atoms. The number of anilines is 1. The summed E-state index contributed by atoms with van der Waals surface area (Å²) in [4.78, 5) is 23.9. The lowest BCUT2D eigenvalue weighted by Gasteiger charge is -2.17. The van der Waals surface area contributed by atoms with Crippen LogP contribution in [0.5, 0.6) is 0 Å². The largest absolute Gasteiger partial charge is 0.455 e. The third-order valence-electron chi connectivity index (χ3n) is 3.89. The van der Waals surface area contributed by atoms with Crippen LogP contribution in [0.3, 0.4) is 0 Å². The van der Waals surface area contributed by atoms with Gasteiger partial charge in [0.1, 0.15) is 0 Å². The maximum atomic E-state index is 12.0. The Morgan fingerprint density at radius 3 is 2.45 bits per heavy atom. The Labute approximate surface area is 131 Å². The van der Waals surface area contributed by atoms with Gasteiger partial charge in [0, 0.05) is 5.69 Å². The highest BCUT2D eigenvalue weighted by atomic mass is 16.5. The fourth-order valence-electron chi connectivity index (χ4n) is 2.81. The molecule has 1 atom stereocenters. The van der Waals surface area contributed by atoms with Crippen LogP contribution < -0.4 is 5.32 Å². The summed E-state index contributed by atoms with van der Waals surface area (Å²) in [5, 5.41) is 2.83. The first-order valence-electron chi connectivity index (χ1n) is 7.66. The molecule has 0 radical (unpaired) electrons. The van der Waals surface area contributed by atoms with Gasteiger partial charge in [0.2, 0.25) is 0 Å².